The summed E-state index contributed by atoms with van der Waals surface area (Å²) in [6, 6.07) is 8.28. The molecule has 0 saturated heterocycles. The van der Waals surface area contributed by atoms with Gasteiger partial charge in [-0.25, -0.2) is 5.11 Å². The fourth-order valence-corrected chi connectivity index (χ4v) is 4.99. The Bertz CT molecular complexity index is 1180. The van der Waals surface area contributed by atoms with Gasteiger partial charge in [-0.2, -0.15) is 0 Å². The van der Waals surface area contributed by atoms with Crippen LogP contribution in [-0.2, 0) is 15.9 Å². The summed E-state index contributed by atoms with van der Waals surface area (Å²) in [6.07, 6.45) is 7.01. The van der Waals surface area contributed by atoms with E-state index in [9.17, 15) is 10.2 Å². The van der Waals surface area contributed by atoms with Crippen LogP contribution < -0.4 is 0 Å². The van der Waals surface area contributed by atoms with Gasteiger partial charge in [0, 0.05) is 29.1 Å². The van der Waals surface area contributed by atoms with Gasteiger partial charge < -0.3 is 5.11 Å². The first kappa shape index (κ1) is 28.9. The fraction of sp³-hybridized carbons (Fsp3) is 0.500. The second-order valence-corrected chi connectivity index (χ2v) is 14.6. The number of benzene rings is 1. The van der Waals surface area contributed by atoms with E-state index >= 15 is 0 Å². The number of aromatic nitrogens is 1. The van der Waals surface area contributed by atoms with Crippen molar-refractivity contribution in [3.8, 4) is 5.75 Å². The summed E-state index contributed by atoms with van der Waals surface area (Å²) in [4.78, 5) is 4.45. The first-order valence-electron chi connectivity index (χ1n) is 13.4. The molecule has 3 rings (SSSR count). The van der Waals surface area contributed by atoms with E-state index in [1.807, 2.05) is 12.3 Å². The zero-order valence-corrected chi connectivity index (χ0v) is 25.0. The highest BCUT2D eigenvalue weighted by Crippen LogP contribution is 2.46. The minimum Gasteiger partial charge on any atom is -0.507 e. The van der Waals surface area contributed by atoms with Crippen molar-refractivity contribution in [2.45, 2.75) is 100 Å². The maximum Gasteiger partial charge on any atom is 0.137 e. The minimum absolute atomic E-state index is 0.254. The van der Waals surface area contributed by atoms with Crippen LogP contribution in [0.15, 0.2) is 65.5 Å². The van der Waals surface area contributed by atoms with Crippen LogP contribution in [0.3, 0.4) is 0 Å². The van der Waals surface area contributed by atoms with Crippen LogP contribution in [0.25, 0.3) is 5.57 Å². The van der Waals surface area contributed by atoms with E-state index < -0.39 is 6.10 Å². The Hall–Kier alpha value is -2.65. The predicted octanol–water partition coefficient (Wildman–Crippen LogP) is 8.94. The number of phenolic OH excluding ortho intramolecular Hbond substituents is 1. The Kier molecular flexibility index (Phi) is 7.49. The summed E-state index contributed by atoms with van der Waals surface area (Å²) in [5.41, 5.74) is 6.60. The molecular weight excluding hydrogens is 454 g/mol. The van der Waals surface area contributed by atoms with Gasteiger partial charge in [-0.3, -0.25) is 4.98 Å². The van der Waals surface area contributed by atoms with Crippen LogP contribution in [0.5, 0.6) is 5.75 Å². The number of allylic oxidation sites excluding steroid dienone is 3. The third-order valence-electron chi connectivity index (χ3n) is 7.17. The van der Waals surface area contributed by atoms with Gasteiger partial charge in [-0.1, -0.05) is 101 Å². The van der Waals surface area contributed by atoms with E-state index in [0.29, 0.717) is 5.75 Å². The predicted molar refractivity (Wildman–Crippen MR) is 155 cm³/mol. The van der Waals surface area contributed by atoms with Crippen molar-refractivity contribution in [1.82, 2.24) is 4.98 Å². The average molecular weight is 501 g/mol. The van der Waals surface area contributed by atoms with E-state index in [1.165, 1.54) is 0 Å². The number of hydrogen-bond donors (Lipinski definition) is 1. The van der Waals surface area contributed by atoms with E-state index in [2.05, 4.69) is 118 Å². The molecule has 1 radical (unpaired) electrons. The molecule has 1 aromatic heterocycles. The molecule has 1 aliphatic rings. The summed E-state index contributed by atoms with van der Waals surface area (Å²) in [5.74, 6) is 0.361. The molecule has 0 bridgehead atoms. The molecule has 3 nitrogen and oxygen atoms in total. The lowest BCUT2D eigenvalue weighted by Gasteiger charge is -2.36. The molecule has 0 aliphatic heterocycles. The molecule has 1 N–H and O–H groups in total. The second kappa shape index (κ2) is 9.58. The molecule has 1 heterocycles. The van der Waals surface area contributed by atoms with Crippen molar-refractivity contribution in [1.29, 1.82) is 0 Å². The Morgan fingerprint density at radius 1 is 0.730 bits per heavy atom. The summed E-state index contributed by atoms with van der Waals surface area (Å²) in [5, 5.41) is 25.1. The molecule has 0 saturated carbocycles. The van der Waals surface area contributed by atoms with Crippen LogP contribution in [0.4, 0.5) is 0 Å². The first-order valence-corrected chi connectivity index (χ1v) is 13.4. The average Bonchev–Trinajstić information content (AvgIpc) is 2.73. The van der Waals surface area contributed by atoms with Crippen molar-refractivity contribution in [2.24, 2.45) is 10.8 Å². The standard InChI is InChI=1S/C34H46NO2/c1-31(2,3)24-16-22(17-25(29(24)36)32(4,5)6)28(21-14-13-15-35-20-21)23-18-26(33(7,8)9)30(37)27(19-23)34(10,11)12/h13-20,29,37H,1-12H3. The normalized spacial score (nSPS) is 17.4. The number of nitrogens with zero attached hydrogens (tertiary/aromatic N) is 1. The van der Waals surface area contributed by atoms with Gasteiger partial charge in [0.05, 0.1) is 0 Å². The molecule has 0 atom stereocenters. The van der Waals surface area contributed by atoms with Crippen molar-refractivity contribution in [3.05, 3.63) is 87.8 Å². The van der Waals surface area contributed by atoms with E-state index in [-0.39, 0.29) is 21.7 Å². The summed E-state index contributed by atoms with van der Waals surface area (Å²) in [7, 11) is 0. The maximum atomic E-state index is 13.8. The molecule has 1 aliphatic carbocycles. The molecule has 0 unspecified atom stereocenters. The number of phenols is 1. The van der Waals surface area contributed by atoms with Gasteiger partial charge >= 0.3 is 0 Å². The monoisotopic (exact) mass is 500 g/mol. The first-order chi connectivity index (χ1) is 16.7. The van der Waals surface area contributed by atoms with Gasteiger partial charge in [0.1, 0.15) is 11.9 Å². The molecular formula is C34H46NO2. The molecule has 3 heteroatoms. The Labute approximate surface area is 225 Å². The Morgan fingerprint density at radius 2 is 1.19 bits per heavy atom. The van der Waals surface area contributed by atoms with Crippen molar-refractivity contribution in [2.75, 3.05) is 0 Å². The zero-order chi connectivity index (χ0) is 28.1. The summed E-state index contributed by atoms with van der Waals surface area (Å²) >= 11 is 0. The lowest BCUT2D eigenvalue weighted by molar-refractivity contribution is 0.113. The van der Waals surface area contributed by atoms with Gasteiger partial charge in [0.2, 0.25) is 0 Å². The molecule has 199 valence electrons. The Balaban J connectivity index is 2.55. The van der Waals surface area contributed by atoms with Crippen molar-refractivity contribution in [3.63, 3.8) is 0 Å². The van der Waals surface area contributed by atoms with Crippen molar-refractivity contribution < 1.29 is 10.2 Å². The highest BCUT2D eigenvalue weighted by molar-refractivity contribution is 5.87. The molecule has 0 spiro atoms. The minimum atomic E-state index is -0.881. The van der Waals surface area contributed by atoms with Gasteiger partial charge in [-0.05, 0) is 67.7 Å². The van der Waals surface area contributed by atoms with Crippen LogP contribution in [0.2, 0.25) is 0 Å². The number of aromatic hydroxyl groups is 1. The Morgan fingerprint density at radius 3 is 1.54 bits per heavy atom. The molecule has 37 heavy (non-hydrogen) atoms. The van der Waals surface area contributed by atoms with Gasteiger partial charge in [0.15, 0.2) is 0 Å². The van der Waals surface area contributed by atoms with Crippen LogP contribution in [0.1, 0.15) is 105 Å². The molecule has 0 fully saturated rings. The maximum absolute atomic E-state index is 13.8. The number of pyridine rings is 1. The zero-order valence-electron chi connectivity index (χ0n) is 25.0. The molecule has 2 aromatic rings. The lowest BCUT2D eigenvalue weighted by atomic mass is 9.70. The quantitative estimate of drug-likeness (QED) is 0.447. The van der Waals surface area contributed by atoms with Crippen molar-refractivity contribution >= 4 is 5.57 Å². The number of hydrogen-bond acceptors (Lipinski definition) is 2. The summed E-state index contributed by atoms with van der Waals surface area (Å²) < 4.78 is 0. The lowest BCUT2D eigenvalue weighted by Crippen LogP contribution is -2.31. The largest absolute Gasteiger partial charge is 0.507 e. The SMILES string of the molecule is CC(C)(C)C1=CC(=C(c2cccnc2)c2cc(C(C)(C)C)c(O)c(C(C)(C)C)c2)C=C(C(C)(C)C)C1[O]. The van der Waals surface area contributed by atoms with E-state index in [1.54, 1.807) is 6.20 Å². The van der Waals surface area contributed by atoms with Crippen LogP contribution in [-0.4, -0.2) is 16.2 Å². The molecule has 1 aromatic carbocycles. The smallest absolute Gasteiger partial charge is 0.137 e. The third-order valence-corrected chi connectivity index (χ3v) is 7.17. The molecule has 0 amide bonds. The van der Waals surface area contributed by atoms with Gasteiger partial charge in [-0.15, -0.1) is 0 Å². The highest BCUT2D eigenvalue weighted by Gasteiger charge is 2.36. The third kappa shape index (κ3) is 6.09. The van der Waals surface area contributed by atoms with Crippen LogP contribution in [0, 0.1) is 10.8 Å². The van der Waals surface area contributed by atoms with E-state index in [4.69, 9.17) is 0 Å². The van der Waals surface area contributed by atoms with Crippen LogP contribution >= 0.6 is 0 Å². The highest BCUT2D eigenvalue weighted by atomic mass is 16.3. The fourth-order valence-electron chi connectivity index (χ4n) is 4.99. The topological polar surface area (TPSA) is 53.0 Å². The number of rotatable bonds is 2. The van der Waals surface area contributed by atoms with Gasteiger partial charge in [0.25, 0.3) is 0 Å². The summed E-state index contributed by atoms with van der Waals surface area (Å²) in [6.45, 7) is 25.5. The second-order valence-electron chi connectivity index (χ2n) is 14.6. The van der Waals surface area contributed by atoms with E-state index in [0.717, 1.165) is 44.5 Å².